The van der Waals surface area contributed by atoms with E-state index in [9.17, 15) is 9.59 Å². The Balaban J connectivity index is 1.37. The molecule has 8 heteroatoms. The van der Waals surface area contributed by atoms with Gasteiger partial charge in [0, 0.05) is 24.3 Å². The van der Waals surface area contributed by atoms with E-state index in [1.54, 1.807) is 16.0 Å². The molecule has 7 nitrogen and oxygen atoms in total. The van der Waals surface area contributed by atoms with Gasteiger partial charge in [-0.1, -0.05) is 18.2 Å². The average Bonchev–Trinajstić information content (AvgIpc) is 3.41. The Morgan fingerprint density at radius 1 is 1.27 bits per heavy atom. The molecule has 1 aromatic carbocycles. The molecule has 1 amide bonds. The maximum absolute atomic E-state index is 12.9. The molecule has 0 radical (unpaired) electrons. The Kier molecular flexibility index (Phi) is 4.71. The Bertz CT molecular complexity index is 1270. The van der Waals surface area contributed by atoms with Gasteiger partial charge in [0.2, 0.25) is 5.91 Å². The number of thiophene rings is 1. The number of benzene rings is 1. The number of hydrogen-bond donors (Lipinski definition) is 1. The molecule has 1 aliphatic heterocycles. The van der Waals surface area contributed by atoms with E-state index in [-0.39, 0.29) is 17.5 Å². The normalized spacial score (nSPS) is 16.0. The van der Waals surface area contributed by atoms with Crippen molar-refractivity contribution in [3.05, 3.63) is 74.6 Å². The van der Waals surface area contributed by atoms with Crippen LogP contribution < -0.4 is 5.56 Å². The molecule has 0 unspecified atom stereocenters. The first kappa shape index (κ1) is 18.7. The molecule has 152 valence electrons. The number of aromatic nitrogens is 4. The van der Waals surface area contributed by atoms with E-state index in [1.165, 1.54) is 16.6 Å². The van der Waals surface area contributed by atoms with Gasteiger partial charge in [0.05, 0.1) is 17.9 Å². The fourth-order valence-corrected chi connectivity index (χ4v) is 5.02. The summed E-state index contributed by atoms with van der Waals surface area (Å²) < 4.78 is 1.65. The number of rotatable bonds is 4. The highest BCUT2D eigenvalue weighted by Crippen LogP contribution is 2.33. The summed E-state index contributed by atoms with van der Waals surface area (Å²) >= 11 is 1.76. The average molecular weight is 420 g/mol. The predicted octanol–water partition coefficient (Wildman–Crippen LogP) is 3.25. The van der Waals surface area contributed by atoms with E-state index >= 15 is 0 Å². The first-order valence-electron chi connectivity index (χ1n) is 10.00. The summed E-state index contributed by atoms with van der Waals surface area (Å²) in [5.41, 5.74) is 2.35. The maximum atomic E-state index is 12.9. The number of nitrogens with one attached hydrogen (secondary N) is 1. The van der Waals surface area contributed by atoms with E-state index in [1.807, 2.05) is 35.2 Å². The second kappa shape index (κ2) is 7.53. The van der Waals surface area contributed by atoms with Crippen LogP contribution in [0.4, 0.5) is 0 Å². The minimum atomic E-state index is -0.237. The van der Waals surface area contributed by atoms with Crippen LogP contribution in [0.3, 0.4) is 0 Å². The van der Waals surface area contributed by atoms with E-state index in [0.29, 0.717) is 29.7 Å². The molecule has 0 aliphatic carbocycles. The zero-order valence-electron chi connectivity index (χ0n) is 16.5. The van der Waals surface area contributed by atoms with Gasteiger partial charge < -0.3 is 9.88 Å². The third kappa shape index (κ3) is 3.23. The number of hydrogen-bond acceptors (Lipinski definition) is 5. The SMILES string of the molecule is C[C@H]1c2ccsc2CCN1C(=O)CCc1nc2c(cnn2-c2ccccc2)c(=O)[nH]1. The number of aromatic amines is 1. The number of carbonyl (C=O) groups is 1. The highest BCUT2D eigenvalue weighted by molar-refractivity contribution is 7.10. The minimum Gasteiger partial charge on any atom is -0.336 e. The smallest absolute Gasteiger partial charge is 0.262 e. The quantitative estimate of drug-likeness (QED) is 0.550. The molecule has 4 heterocycles. The Morgan fingerprint density at radius 3 is 2.93 bits per heavy atom. The van der Waals surface area contributed by atoms with Crippen LogP contribution >= 0.6 is 11.3 Å². The lowest BCUT2D eigenvalue weighted by molar-refractivity contribution is -0.133. The lowest BCUT2D eigenvalue weighted by atomic mass is 10.0. The standard InChI is InChI=1S/C22H21N5O2S/c1-14-16-10-12-30-18(16)9-11-26(14)20(28)8-7-19-24-21-17(22(29)25-19)13-23-27(21)15-5-3-2-4-6-15/h2-6,10,12-14H,7-9,11H2,1H3,(H,24,25,29)/t14-/m0/s1. The summed E-state index contributed by atoms with van der Waals surface area (Å²) in [5.74, 6) is 0.582. The summed E-state index contributed by atoms with van der Waals surface area (Å²) in [6.45, 7) is 2.81. The zero-order chi connectivity index (χ0) is 20.7. The molecule has 1 aliphatic rings. The molecule has 0 bridgehead atoms. The lowest BCUT2D eigenvalue weighted by Gasteiger charge is -2.33. The number of H-pyrrole nitrogens is 1. The van der Waals surface area contributed by atoms with Crippen LogP contribution in [0, 0.1) is 0 Å². The number of aryl methyl sites for hydroxylation is 1. The lowest BCUT2D eigenvalue weighted by Crippen LogP contribution is -2.38. The van der Waals surface area contributed by atoms with Crippen LogP contribution in [0.5, 0.6) is 0 Å². The first-order valence-corrected chi connectivity index (χ1v) is 10.9. The Labute approximate surface area is 177 Å². The summed E-state index contributed by atoms with van der Waals surface area (Å²) in [6.07, 6.45) is 3.11. The molecule has 1 atom stereocenters. The third-order valence-corrected chi connectivity index (χ3v) is 6.66. The molecule has 30 heavy (non-hydrogen) atoms. The Hall–Kier alpha value is -3.26. The highest BCUT2D eigenvalue weighted by atomic mass is 32.1. The van der Waals surface area contributed by atoms with Gasteiger partial charge in [0.25, 0.3) is 5.56 Å². The van der Waals surface area contributed by atoms with Gasteiger partial charge in [-0.2, -0.15) is 5.10 Å². The first-order chi connectivity index (χ1) is 14.6. The molecule has 0 spiro atoms. The highest BCUT2D eigenvalue weighted by Gasteiger charge is 2.28. The van der Waals surface area contributed by atoms with Crippen molar-refractivity contribution < 1.29 is 4.79 Å². The summed E-state index contributed by atoms with van der Waals surface area (Å²) in [7, 11) is 0. The van der Waals surface area contributed by atoms with Gasteiger partial charge in [-0.3, -0.25) is 9.59 Å². The molecule has 0 saturated carbocycles. The largest absolute Gasteiger partial charge is 0.336 e. The number of fused-ring (bicyclic) bond motifs is 2. The molecule has 0 fully saturated rings. The second-order valence-corrected chi connectivity index (χ2v) is 8.45. The summed E-state index contributed by atoms with van der Waals surface area (Å²) in [4.78, 5) is 36.1. The van der Waals surface area contributed by atoms with Gasteiger partial charge in [0.1, 0.15) is 11.2 Å². The monoisotopic (exact) mass is 419 g/mol. The van der Waals surface area contributed by atoms with E-state index in [0.717, 1.165) is 18.7 Å². The predicted molar refractivity (Wildman–Crippen MR) is 116 cm³/mol. The van der Waals surface area contributed by atoms with E-state index < -0.39 is 0 Å². The fraction of sp³-hybridized carbons (Fsp3) is 0.273. The molecule has 0 saturated heterocycles. The minimum absolute atomic E-state index is 0.0821. The zero-order valence-corrected chi connectivity index (χ0v) is 17.4. The molecule has 1 N–H and O–H groups in total. The molecular formula is C22H21N5O2S. The maximum Gasteiger partial charge on any atom is 0.262 e. The second-order valence-electron chi connectivity index (χ2n) is 7.45. The van der Waals surface area contributed by atoms with Gasteiger partial charge in [-0.15, -0.1) is 11.3 Å². The number of para-hydroxylation sites is 1. The molecule has 4 aromatic rings. The topological polar surface area (TPSA) is 83.9 Å². The van der Waals surface area contributed by atoms with Crippen molar-refractivity contribution >= 4 is 28.3 Å². The van der Waals surface area contributed by atoms with Crippen molar-refractivity contribution in [2.75, 3.05) is 6.54 Å². The van der Waals surface area contributed by atoms with Crippen molar-refractivity contribution in [2.45, 2.75) is 32.2 Å². The van der Waals surface area contributed by atoms with Crippen molar-refractivity contribution in [2.24, 2.45) is 0 Å². The van der Waals surface area contributed by atoms with Gasteiger partial charge in [-0.25, -0.2) is 9.67 Å². The van der Waals surface area contributed by atoms with Gasteiger partial charge in [-0.05, 0) is 42.5 Å². The number of nitrogens with zero attached hydrogens (tertiary/aromatic N) is 4. The van der Waals surface area contributed by atoms with E-state index in [2.05, 4.69) is 33.4 Å². The summed E-state index contributed by atoms with van der Waals surface area (Å²) in [6, 6.07) is 11.8. The van der Waals surface area contributed by atoms with Crippen molar-refractivity contribution in [1.29, 1.82) is 0 Å². The van der Waals surface area contributed by atoms with Gasteiger partial charge >= 0.3 is 0 Å². The number of carbonyl (C=O) groups excluding carboxylic acids is 1. The van der Waals surface area contributed by atoms with Crippen LogP contribution in [0.1, 0.15) is 35.7 Å². The van der Waals surface area contributed by atoms with Crippen LogP contribution in [-0.4, -0.2) is 37.1 Å². The van der Waals surface area contributed by atoms with Crippen LogP contribution in [-0.2, 0) is 17.6 Å². The van der Waals surface area contributed by atoms with Crippen LogP contribution in [0.2, 0.25) is 0 Å². The van der Waals surface area contributed by atoms with Crippen LogP contribution in [0.25, 0.3) is 16.7 Å². The third-order valence-electron chi connectivity index (χ3n) is 5.66. The van der Waals surface area contributed by atoms with Crippen LogP contribution in [0.15, 0.2) is 52.8 Å². The molecular weight excluding hydrogens is 398 g/mol. The van der Waals surface area contributed by atoms with Crippen molar-refractivity contribution in [1.82, 2.24) is 24.6 Å². The van der Waals surface area contributed by atoms with Crippen molar-refractivity contribution in [3.8, 4) is 5.69 Å². The number of amides is 1. The molecule has 3 aromatic heterocycles. The van der Waals surface area contributed by atoms with E-state index in [4.69, 9.17) is 0 Å². The summed E-state index contributed by atoms with van der Waals surface area (Å²) in [5, 5.41) is 6.85. The Morgan fingerprint density at radius 2 is 2.10 bits per heavy atom. The molecule has 5 rings (SSSR count). The van der Waals surface area contributed by atoms with Gasteiger partial charge in [0.15, 0.2) is 5.65 Å². The fourth-order valence-electron chi connectivity index (χ4n) is 4.06. The van der Waals surface area contributed by atoms with Crippen molar-refractivity contribution in [3.63, 3.8) is 0 Å².